The van der Waals surface area contributed by atoms with Crippen LogP contribution in [0.3, 0.4) is 0 Å². The smallest absolute Gasteiger partial charge is 0.324 e. The Bertz CT molecular complexity index is 778. The quantitative estimate of drug-likeness (QED) is 0.718. The zero-order valence-electron chi connectivity index (χ0n) is 13.4. The van der Waals surface area contributed by atoms with E-state index in [2.05, 4.69) is 4.72 Å². The molecule has 0 saturated carbocycles. The molecule has 1 aliphatic rings. The topological polar surface area (TPSA) is 110 Å². The molecule has 1 saturated heterocycles. The summed E-state index contributed by atoms with van der Waals surface area (Å²) in [5.74, 6) is -1.85. The summed E-state index contributed by atoms with van der Waals surface area (Å²) in [6.45, 7) is 0.979. The maximum absolute atomic E-state index is 12.2. The van der Waals surface area contributed by atoms with Crippen molar-refractivity contribution < 1.29 is 27.5 Å². The summed E-state index contributed by atoms with van der Waals surface area (Å²) in [4.78, 5) is 36.1. The first kappa shape index (κ1) is 19.4. The first-order valence-electron chi connectivity index (χ1n) is 7.48. The van der Waals surface area contributed by atoms with E-state index in [9.17, 15) is 22.8 Å². The summed E-state index contributed by atoms with van der Waals surface area (Å²) in [6, 6.07) is 4.20. The highest BCUT2D eigenvalue weighted by molar-refractivity contribution is 7.89. The molecule has 8 nitrogen and oxygen atoms in total. The third-order valence-electron chi connectivity index (χ3n) is 3.52. The Hall–Kier alpha value is -1.97. The highest BCUT2D eigenvalue weighted by Gasteiger charge is 2.28. The van der Waals surface area contributed by atoms with E-state index >= 15 is 0 Å². The number of imide groups is 1. The number of hydrogen-bond donors (Lipinski definition) is 1. The summed E-state index contributed by atoms with van der Waals surface area (Å²) in [7, 11) is -3.94. The van der Waals surface area contributed by atoms with Crippen LogP contribution >= 0.6 is 11.6 Å². The number of nitrogens with one attached hydrogen (secondary N) is 1. The Morgan fingerprint density at radius 3 is 2.52 bits per heavy atom. The summed E-state index contributed by atoms with van der Waals surface area (Å²) < 4.78 is 31.3. The highest BCUT2D eigenvalue weighted by atomic mass is 35.5. The van der Waals surface area contributed by atoms with Gasteiger partial charge in [-0.25, -0.2) is 8.42 Å². The molecular weight excluding hydrogens is 372 g/mol. The lowest BCUT2D eigenvalue weighted by atomic mass is 10.4. The van der Waals surface area contributed by atoms with E-state index in [1.807, 2.05) is 0 Å². The Morgan fingerprint density at radius 1 is 1.32 bits per heavy atom. The van der Waals surface area contributed by atoms with Gasteiger partial charge in [0.15, 0.2) is 6.61 Å². The number of ether oxygens (including phenoxy) is 1. The predicted molar refractivity (Wildman–Crippen MR) is 88.1 cm³/mol. The van der Waals surface area contributed by atoms with E-state index in [0.29, 0.717) is 18.0 Å². The van der Waals surface area contributed by atoms with Gasteiger partial charge in [0.1, 0.15) is 6.04 Å². The van der Waals surface area contributed by atoms with Crippen LogP contribution in [-0.2, 0) is 29.1 Å². The standard InChI is InChI=1S/C15H17ClN2O6S/c1-10(17-25(22,23)12-6-4-11(16)5-7-12)15(21)24-9-14(20)18-8-2-3-13(18)19/h4-7,10,17H,2-3,8-9H2,1H3. The molecule has 0 aliphatic carbocycles. The second kappa shape index (κ2) is 7.94. The molecule has 1 N–H and O–H groups in total. The highest BCUT2D eigenvalue weighted by Crippen LogP contribution is 2.14. The molecule has 0 spiro atoms. The largest absolute Gasteiger partial charge is 0.454 e. The molecule has 2 amide bonds. The zero-order valence-corrected chi connectivity index (χ0v) is 15.0. The number of carbonyl (C=O) groups excluding carboxylic acids is 3. The van der Waals surface area contributed by atoms with Gasteiger partial charge >= 0.3 is 5.97 Å². The molecule has 0 radical (unpaired) electrons. The third kappa shape index (κ3) is 5.00. The fourth-order valence-electron chi connectivity index (χ4n) is 2.21. The summed E-state index contributed by atoms with van der Waals surface area (Å²) >= 11 is 5.70. The monoisotopic (exact) mass is 388 g/mol. The zero-order chi connectivity index (χ0) is 18.6. The maximum Gasteiger partial charge on any atom is 0.324 e. The van der Waals surface area contributed by atoms with Gasteiger partial charge in [-0.1, -0.05) is 11.6 Å². The van der Waals surface area contributed by atoms with Crippen molar-refractivity contribution in [3.63, 3.8) is 0 Å². The molecular formula is C15H17ClN2O6S. The van der Waals surface area contributed by atoms with E-state index in [4.69, 9.17) is 16.3 Å². The molecule has 1 aliphatic heterocycles. The van der Waals surface area contributed by atoms with Crippen molar-refractivity contribution in [3.8, 4) is 0 Å². The number of benzene rings is 1. The van der Waals surface area contributed by atoms with Crippen LogP contribution in [0.4, 0.5) is 0 Å². The Balaban J connectivity index is 1.90. The van der Waals surface area contributed by atoms with E-state index in [0.717, 1.165) is 4.90 Å². The normalized spacial score (nSPS) is 15.9. The van der Waals surface area contributed by atoms with E-state index in [1.54, 1.807) is 0 Å². The summed E-state index contributed by atoms with van der Waals surface area (Å²) in [5.41, 5.74) is 0. The van der Waals surface area contributed by atoms with Crippen molar-refractivity contribution in [1.82, 2.24) is 9.62 Å². The fourth-order valence-corrected chi connectivity index (χ4v) is 3.53. The molecule has 0 aromatic heterocycles. The molecule has 1 heterocycles. The van der Waals surface area contributed by atoms with Gasteiger partial charge in [-0.15, -0.1) is 0 Å². The second-order valence-electron chi connectivity index (χ2n) is 5.45. The van der Waals surface area contributed by atoms with Crippen LogP contribution in [0.15, 0.2) is 29.2 Å². The number of sulfonamides is 1. The number of rotatable bonds is 6. The van der Waals surface area contributed by atoms with Crippen LogP contribution in [0.5, 0.6) is 0 Å². The predicted octanol–water partition coefficient (Wildman–Crippen LogP) is 0.699. The molecule has 1 aromatic carbocycles. The van der Waals surface area contributed by atoms with Crippen LogP contribution < -0.4 is 4.72 Å². The fraction of sp³-hybridized carbons (Fsp3) is 0.400. The van der Waals surface area contributed by atoms with Crippen molar-refractivity contribution >= 4 is 39.4 Å². The average molecular weight is 389 g/mol. The lowest BCUT2D eigenvalue weighted by Crippen LogP contribution is -2.41. The SMILES string of the molecule is CC(NS(=O)(=O)c1ccc(Cl)cc1)C(=O)OCC(=O)N1CCCC1=O. The van der Waals surface area contributed by atoms with Crippen molar-refractivity contribution in [2.45, 2.75) is 30.7 Å². The Morgan fingerprint density at radius 2 is 1.96 bits per heavy atom. The van der Waals surface area contributed by atoms with Gasteiger partial charge in [-0.05, 0) is 37.6 Å². The Kier molecular flexibility index (Phi) is 6.15. The number of nitrogens with zero attached hydrogens (tertiary/aromatic N) is 1. The van der Waals surface area contributed by atoms with Crippen LogP contribution in [0.25, 0.3) is 0 Å². The van der Waals surface area contributed by atoms with Gasteiger partial charge in [-0.2, -0.15) is 4.72 Å². The Labute approximate surface area is 150 Å². The van der Waals surface area contributed by atoms with Crippen LogP contribution in [-0.4, -0.2) is 50.3 Å². The van der Waals surface area contributed by atoms with E-state index in [1.165, 1.54) is 31.2 Å². The molecule has 1 fully saturated rings. The number of carbonyl (C=O) groups is 3. The molecule has 1 aromatic rings. The number of amides is 2. The molecule has 1 atom stereocenters. The van der Waals surface area contributed by atoms with E-state index in [-0.39, 0.29) is 17.2 Å². The summed E-state index contributed by atoms with van der Waals surface area (Å²) in [6.07, 6.45) is 0.868. The molecule has 136 valence electrons. The molecule has 10 heteroatoms. The summed E-state index contributed by atoms with van der Waals surface area (Å²) in [5, 5.41) is 0.376. The minimum Gasteiger partial charge on any atom is -0.454 e. The van der Waals surface area contributed by atoms with Gasteiger partial charge in [-0.3, -0.25) is 19.3 Å². The molecule has 2 rings (SSSR count). The maximum atomic E-state index is 12.2. The number of esters is 1. The third-order valence-corrected chi connectivity index (χ3v) is 5.33. The number of halogens is 1. The average Bonchev–Trinajstić information content (AvgIpc) is 2.98. The van der Waals surface area contributed by atoms with Crippen molar-refractivity contribution in [3.05, 3.63) is 29.3 Å². The number of hydrogen-bond acceptors (Lipinski definition) is 6. The van der Waals surface area contributed by atoms with Gasteiger partial charge in [0.05, 0.1) is 4.90 Å². The van der Waals surface area contributed by atoms with Crippen molar-refractivity contribution in [2.75, 3.05) is 13.2 Å². The lowest BCUT2D eigenvalue weighted by Gasteiger charge is -2.16. The van der Waals surface area contributed by atoms with Crippen LogP contribution in [0.2, 0.25) is 5.02 Å². The second-order valence-corrected chi connectivity index (χ2v) is 7.60. The van der Waals surface area contributed by atoms with Crippen LogP contribution in [0.1, 0.15) is 19.8 Å². The molecule has 1 unspecified atom stereocenters. The van der Waals surface area contributed by atoms with Crippen molar-refractivity contribution in [2.24, 2.45) is 0 Å². The van der Waals surface area contributed by atoms with Gasteiger partial charge < -0.3 is 4.74 Å². The van der Waals surface area contributed by atoms with E-state index < -0.39 is 34.5 Å². The van der Waals surface area contributed by atoms with Gasteiger partial charge in [0.2, 0.25) is 15.9 Å². The van der Waals surface area contributed by atoms with Crippen LogP contribution in [0, 0.1) is 0 Å². The number of likely N-dealkylation sites (tertiary alicyclic amines) is 1. The lowest BCUT2D eigenvalue weighted by molar-refractivity contribution is -0.155. The minimum absolute atomic E-state index is 0.0599. The molecule has 0 bridgehead atoms. The van der Waals surface area contributed by atoms with Crippen molar-refractivity contribution in [1.29, 1.82) is 0 Å². The molecule has 25 heavy (non-hydrogen) atoms. The minimum atomic E-state index is -3.94. The van der Waals surface area contributed by atoms with Gasteiger partial charge in [0.25, 0.3) is 5.91 Å². The first-order valence-corrected chi connectivity index (χ1v) is 9.34. The van der Waals surface area contributed by atoms with Gasteiger partial charge in [0, 0.05) is 18.0 Å². The first-order chi connectivity index (χ1) is 11.7.